The van der Waals surface area contributed by atoms with Crippen molar-refractivity contribution >= 4 is 23.5 Å². The van der Waals surface area contributed by atoms with E-state index in [1.807, 2.05) is 4.90 Å². The molecule has 30 heavy (non-hydrogen) atoms. The minimum atomic E-state index is -0.405. The van der Waals surface area contributed by atoms with Crippen LogP contribution < -0.4 is 10.2 Å². The molecule has 9 heteroatoms. The van der Waals surface area contributed by atoms with Gasteiger partial charge in [0.15, 0.2) is 6.61 Å². The molecule has 1 saturated heterocycles. The average molecular weight is 416 g/mol. The number of nitro benzene ring substituents is 1. The number of amides is 1. The number of allylic oxidation sites excluding steroid dienone is 1. The molecular weight excluding hydrogens is 388 g/mol. The van der Waals surface area contributed by atoms with Gasteiger partial charge in [-0.2, -0.15) is 0 Å². The summed E-state index contributed by atoms with van der Waals surface area (Å²) in [6, 6.07) is 4.90. The molecule has 3 rings (SSSR count). The van der Waals surface area contributed by atoms with Crippen molar-refractivity contribution in [2.45, 2.75) is 32.1 Å². The van der Waals surface area contributed by atoms with E-state index in [0.29, 0.717) is 44.1 Å². The molecule has 0 radical (unpaired) electrons. The predicted molar refractivity (Wildman–Crippen MR) is 114 cm³/mol. The van der Waals surface area contributed by atoms with E-state index in [1.165, 1.54) is 30.7 Å². The number of oxime groups is 1. The van der Waals surface area contributed by atoms with Crippen LogP contribution in [0.1, 0.15) is 37.7 Å². The zero-order valence-corrected chi connectivity index (χ0v) is 17.0. The number of anilines is 1. The van der Waals surface area contributed by atoms with Gasteiger partial charge in [0.1, 0.15) is 5.69 Å². The van der Waals surface area contributed by atoms with E-state index < -0.39 is 4.92 Å². The van der Waals surface area contributed by atoms with Crippen LogP contribution in [-0.4, -0.2) is 56.5 Å². The number of morpholine rings is 1. The Labute approximate surface area is 175 Å². The van der Waals surface area contributed by atoms with E-state index in [1.54, 1.807) is 12.1 Å². The van der Waals surface area contributed by atoms with Gasteiger partial charge in [-0.3, -0.25) is 14.9 Å². The summed E-state index contributed by atoms with van der Waals surface area (Å²) < 4.78 is 5.30. The molecule has 162 valence electrons. The number of ether oxygens (including phenoxy) is 1. The maximum absolute atomic E-state index is 11.8. The van der Waals surface area contributed by atoms with E-state index in [-0.39, 0.29) is 18.2 Å². The molecule has 1 aromatic rings. The van der Waals surface area contributed by atoms with Crippen LogP contribution in [0.25, 0.3) is 0 Å². The Morgan fingerprint density at radius 1 is 1.33 bits per heavy atom. The average Bonchev–Trinajstić information content (AvgIpc) is 2.78. The second-order valence-electron chi connectivity index (χ2n) is 7.32. The minimum Gasteiger partial charge on any atom is -0.386 e. The quantitative estimate of drug-likeness (QED) is 0.287. The highest BCUT2D eigenvalue weighted by Crippen LogP contribution is 2.29. The van der Waals surface area contributed by atoms with Gasteiger partial charge in [0.05, 0.1) is 24.4 Å². The predicted octanol–water partition coefficient (Wildman–Crippen LogP) is 2.79. The van der Waals surface area contributed by atoms with Crippen molar-refractivity contribution in [1.29, 1.82) is 0 Å². The van der Waals surface area contributed by atoms with Gasteiger partial charge in [0.2, 0.25) is 0 Å². The number of rotatable bonds is 9. The Bertz CT molecular complexity index is 803. The van der Waals surface area contributed by atoms with Crippen LogP contribution in [0.15, 0.2) is 35.0 Å². The molecule has 0 bridgehead atoms. The number of nitro groups is 1. The number of hydrogen-bond acceptors (Lipinski definition) is 7. The monoisotopic (exact) mass is 416 g/mol. The molecule has 2 aliphatic rings. The molecule has 1 aromatic carbocycles. The summed E-state index contributed by atoms with van der Waals surface area (Å²) in [5.74, 6) is -0.239. The lowest BCUT2D eigenvalue weighted by Crippen LogP contribution is -2.36. The van der Waals surface area contributed by atoms with Crippen LogP contribution in [0.2, 0.25) is 0 Å². The van der Waals surface area contributed by atoms with Crippen molar-refractivity contribution < 1.29 is 19.3 Å². The van der Waals surface area contributed by atoms with Crippen LogP contribution in [0.4, 0.5) is 11.4 Å². The number of carbonyl (C=O) groups is 1. The van der Waals surface area contributed by atoms with Crippen molar-refractivity contribution in [1.82, 2.24) is 5.32 Å². The van der Waals surface area contributed by atoms with Crippen molar-refractivity contribution in [2.75, 3.05) is 44.4 Å². The van der Waals surface area contributed by atoms with E-state index in [0.717, 1.165) is 19.3 Å². The van der Waals surface area contributed by atoms with Crippen LogP contribution in [0.5, 0.6) is 0 Å². The van der Waals surface area contributed by atoms with Gasteiger partial charge in [0.25, 0.3) is 11.6 Å². The summed E-state index contributed by atoms with van der Waals surface area (Å²) in [4.78, 5) is 29.9. The Kier molecular flexibility index (Phi) is 8.20. The maximum atomic E-state index is 11.8. The molecule has 1 heterocycles. The summed E-state index contributed by atoms with van der Waals surface area (Å²) in [6.45, 7) is 2.73. The normalized spacial score (nSPS) is 16.9. The molecule has 0 spiro atoms. The van der Waals surface area contributed by atoms with E-state index in [4.69, 9.17) is 9.57 Å². The van der Waals surface area contributed by atoms with Crippen LogP contribution in [0.3, 0.4) is 0 Å². The zero-order chi connectivity index (χ0) is 21.2. The summed E-state index contributed by atoms with van der Waals surface area (Å²) in [7, 11) is 0. The standard InChI is InChI=1S/C21H28N4O5/c26-21(22-9-8-17-4-2-1-3-5-17)16-30-23-15-18-6-7-19(20(14-18)25(27)28)24-10-12-29-13-11-24/h4,6-7,14-15H,1-3,5,8-13,16H2,(H,22,26)/b23-15-. The topological polar surface area (TPSA) is 106 Å². The Morgan fingerprint density at radius 3 is 2.90 bits per heavy atom. The van der Waals surface area contributed by atoms with Gasteiger partial charge >= 0.3 is 0 Å². The molecule has 1 aliphatic carbocycles. The summed E-state index contributed by atoms with van der Waals surface area (Å²) in [5, 5.41) is 18.0. The fourth-order valence-corrected chi connectivity index (χ4v) is 3.58. The number of hydrogen-bond donors (Lipinski definition) is 1. The second kappa shape index (κ2) is 11.3. The maximum Gasteiger partial charge on any atom is 0.293 e. The van der Waals surface area contributed by atoms with E-state index in [2.05, 4.69) is 16.5 Å². The fraction of sp³-hybridized carbons (Fsp3) is 0.524. The van der Waals surface area contributed by atoms with Crippen molar-refractivity contribution in [3.05, 3.63) is 45.5 Å². The van der Waals surface area contributed by atoms with E-state index in [9.17, 15) is 14.9 Å². The first-order valence-corrected chi connectivity index (χ1v) is 10.3. The van der Waals surface area contributed by atoms with Gasteiger partial charge in [-0.05, 0) is 38.2 Å². The third kappa shape index (κ3) is 6.55. The lowest BCUT2D eigenvalue weighted by atomic mass is 9.97. The van der Waals surface area contributed by atoms with Gasteiger partial charge in [-0.1, -0.05) is 22.9 Å². The Morgan fingerprint density at radius 2 is 2.17 bits per heavy atom. The zero-order valence-electron chi connectivity index (χ0n) is 17.0. The molecule has 1 fully saturated rings. The molecule has 0 saturated carbocycles. The van der Waals surface area contributed by atoms with Crippen LogP contribution in [0, 0.1) is 10.1 Å². The van der Waals surface area contributed by atoms with Crippen molar-refractivity contribution in [2.24, 2.45) is 5.16 Å². The fourth-order valence-electron chi connectivity index (χ4n) is 3.58. The molecule has 1 N–H and O–H groups in total. The highest BCUT2D eigenvalue weighted by Gasteiger charge is 2.21. The van der Waals surface area contributed by atoms with E-state index >= 15 is 0 Å². The lowest BCUT2D eigenvalue weighted by molar-refractivity contribution is -0.384. The van der Waals surface area contributed by atoms with Crippen molar-refractivity contribution in [3.8, 4) is 0 Å². The molecule has 9 nitrogen and oxygen atoms in total. The summed E-state index contributed by atoms with van der Waals surface area (Å²) >= 11 is 0. The SMILES string of the molecule is O=C(CO/N=C\c1ccc(N2CCOCC2)c([N+](=O)[O-])c1)NCCC1=CCCCC1. The molecule has 1 aliphatic heterocycles. The van der Waals surface area contributed by atoms with Gasteiger partial charge in [0, 0.05) is 31.3 Å². The van der Waals surface area contributed by atoms with Gasteiger partial charge in [-0.15, -0.1) is 0 Å². The lowest BCUT2D eigenvalue weighted by Gasteiger charge is -2.28. The Balaban J connectivity index is 1.45. The minimum absolute atomic E-state index is 0.00982. The Hall–Kier alpha value is -2.94. The molecule has 1 amide bonds. The highest BCUT2D eigenvalue weighted by atomic mass is 16.6. The molecule has 0 atom stereocenters. The first kappa shape index (κ1) is 21.8. The summed E-state index contributed by atoms with van der Waals surface area (Å²) in [6.07, 6.45) is 9.23. The molecular formula is C21H28N4O5. The highest BCUT2D eigenvalue weighted by molar-refractivity contribution is 5.83. The smallest absolute Gasteiger partial charge is 0.293 e. The third-order valence-corrected chi connectivity index (χ3v) is 5.17. The van der Waals surface area contributed by atoms with Crippen LogP contribution >= 0.6 is 0 Å². The van der Waals surface area contributed by atoms with Gasteiger partial charge < -0.3 is 19.8 Å². The number of carbonyl (C=O) groups excluding carboxylic acids is 1. The van der Waals surface area contributed by atoms with Gasteiger partial charge in [-0.25, -0.2) is 0 Å². The van der Waals surface area contributed by atoms with Crippen molar-refractivity contribution in [3.63, 3.8) is 0 Å². The molecule has 0 unspecified atom stereocenters. The number of nitrogens with one attached hydrogen (secondary N) is 1. The first-order chi connectivity index (χ1) is 14.6. The number of nitrogens with zero attached hydrogens (tertiary/aromatic N) is 3. The first-order valence-electron chi connectivity index (χ1n) is 10.3. The largest absolute Gasteiger partial charge is 0.386 e. The second-order valence-corrected chi connectivity index (χ2v) is 7.32. The number of benzene rings is 1. The third-order valence-electron chi connectivity index (χ3n) is 5.17. The summed E-state index contributed by atoms with van der Waals surface area (Å²) in [5.41, 5.74) is 2.51. The van der Waals surface area contributed by atoms with Crippen LogP contribution in [-0.2, 0) is 14.4 Å². The molecule has 0 aromatic heterocycles.